The van der Waals surface area contributed by atoms with Crippen molar-refractivity contribution in [1.82, 2.24) is 10.3 Å². The number of alkyl carbamates (subject to hydrolysis) is 1. The molecule has 2 aromatic rings. The average Bonchev–Trinajstić information content (AvgIpc) is 2.70. The summed E-state index contributed by atoms with van der Waals surface area (Å²) in [4.78, 5) is 14.9. The summed E-state index contributed by atoms with van der Waals surface area (Å²) in [6, 6.07) is 8.12. The van der Waals surface area contributed by atoms with E-state index in [-0.39, 0.29) is 17.7 Å². The summed E-state index contributed by atoms with van der Waals surface area (Å²) in [5, 5.41) is 3.98. The van der Waals surface area contributed by atoms with Crippen LogP contribution in [0.15, 0.2) is 30.5 Å². The maximum atomic E-state index is 11.7. The van der Waals surface area contributed by atoms with Crippen molar-refractivity contribution in [2.75, 3.05) is 0 Å². The van der Waals surface area contributed by atoms with Gasteiger partial charge in [0.15, 0.2) is 0 Å². The molecule has 2 N–H and O–H groups in total. The van der Waals surface area contributed by atoms with E-state index in [1.165, 1.54) is 5.39 Å². The van der Waals surface area contributed by atoms with Gasteiger partial charge in [0.05, 0.1) is 0 Å². The first-order valence-corrected chi connectivity index (χ1v) is 6.89. The van der Waals surface area contributed by atoms with Gasteiger partial charge in [-0.3, -0.25) is 0 Å². The summed E-state index contributed by atoms with van der Waals surface area (Å²) < 4.78 is 5.38. The van der Waals surface area contributed by atoms with Crippen molar-refractivity contribution in [1.29, 1.82) is 0 Å². The van der Waals surface area contributed by atoms with Crippen LogP contribution in [0.1, 0.15) is 33.3 Å². The number of carbonyl (C=O) groups excluding carboxylic acids is 1. The number of nitrogens with one attached hydrogen (secondary N) is 2. The Balaban J connectivity index is 1.98. The van der Waals surface area contributed by atoms with Crippen LogP contribution in [-0.2, 0) is 11.2 Å². The highest BCUT2D eigenvalue weighted by molar-refractivity contribution is 5.83. The van der Waals surface area contributed by atoms with Crippen molar-refractivity contribution in [3.63, 3.8) is 0 Å². The van der Waals surface area contributed by atoms with Gasteiger partial charge in [-0.25, -0.2) is 4.79 Å². The van der Waals surface area contributed by atoms with Crippen LogP contribution < -0.4 is 5.32 Å². The molecule has 0 saturated carbocycles. The highest BCUT2D eigenvalue weighted by Crippen LogP contribution is 2.19. The largest absolute Gasteiger partial charge is 0.446 e. The van der Waals surface area contributed by atoms with E-state index < -0.39 is 0 Å². The van der Waals surface area contributed by atoms with E-state index in [1.54, 1.807) is 0 Å². The predicted octanol–water partition coefficient (Wildman–Crippen LogP) is 3.62. The fourth-order valence-electron chi connectivity index (χ4n) is 2.17. The zero-order valence-corrected chi connectivity index (χ0v) is 12.5. The molecule has 0 aliphatic rings. The lowest BCUT2D eigenvalue weighted by Crippen LogP contribution is -2.42. The van der Waals surface area contributed by atoms with Gasteiger partial charge in [0.25, 0.3) is 0 Å². The minimum atomic E-state index is -0.371. The first kappa shape index (κ1) is 14.4. The third kappa shape index (κ3) is 3.76. The molecule has 0 aliphatic carbocycles. The summed E-state index contributed by atoms with van der Waals surface area (Å²) in [6.45, 7) is 7.69. The first-order valence-electron chi connectivity index (χ1n) is 6.89. The summed E-state index contributed by atoms with van der Waals surface area (Å²) in [6.07, 6.45) is 2.13. The number of para-hydroxylation sites is 1. The second-order valence-corrected chi connectivity index (χ2v) is 6.15. The Morgan fingerprint density at radius 1 is 1.35 bits per heavy atom. The maximum absolute atomic E-state index is 11.7. The lowest BCUT2D eigenvalue weighted by Gasteiger charge is -2.22. The van der Waals surface area contributed by atoms with Crippen molar-refractivity contribution in [2.45, 2.75) is 45.8 Å². The van der Waals surface area contributed by atoms with E-state index in [4.69, 9.17) is 4.74 Å². The predicted molar refractivity (Wildman–Crippen MR) is 80.8 cm³/mol. The summed E-state index contributed by atoms with van der Waals surface area (Å²) in [7, 11) is 0. The molecule has 1 atom stereocenters. The third-order valence-electron chi connectivity index (χ3n) is 2.97. The maximum Gasteiger partial charge on any atom is 0.407 e. The van der Waals surface area contributed by atoms with Gasteiger partial charge in [-0.2, -0.15) is 0 Å². The molecule has 1 aromatic heterocycles. The molecule has 0 fully saturated rings. The van der Waals surface area contributed by atoms with Crippen LogP contribution >= 0.6 is 0 Å². The normalized spacial score (nSPS) is 13.2. The van der Waals surface area contributed by atoms with Crippen LogP contribution in [0.2, 0.25) is 0 Å². The van der Waals surface area contributed by atoms with Crippen LogP contribution in [-0.4, -0.2) is 22.7 Å². The zero-order valence-electron chi connectivity index (χ0n) is 12.5. The number of aromatic nitrogens is 1. The van der Waals surface area contributed by atoms with E-state index in [1.807, 2.05) is 52.1 Å². The number of hydrogen-bond donors (Lipinski definition) is 2. The van der Waals surface area contributed by atoms with Crippen molar-refractivity contribution in [3.8, 4) is 0 Å². The molecule has 4 heteroatoms. The molecule has 20 heavy (non-hydrogen) atoms. The molecule has 0 bridgehead atoms. The van der Waals surface area contributed by atoms with Gasteiger partial charge in [0, 0.05) is 29.1 Å². The molecular weight excluding hydrogens is 252 g/mol. The van der Waals surface area contributed by atoms with Crippen molar-refractivity contribution >= 4 is 17.0 Å². The number of carbonyl (C=O) groups is 1. The van der Waals surface area contributed by atoms with Gasteiger partial charge < -0.3 is 15.0 Å². The van der Waals surface area contributed by atoms with Crippen molar-refractivity contribution in [3.05, 3.63) is 36.0 Å². The van der Waals surface area contributed by atoms with E-state index in [0.717, 1.165) is 11.1 Å². The highest BCUT2D eigenvalue weighted by Gasteiger charge is 2.17. The molecule has 4 nitrogen and oxygen atoms in total. The van der Waals surface area contributed by atoms with Gasteiger partial charge in [0.1, 0.15) is 6.10 Å². The molecule has 0 spiro atoms. The Morgan fingerprint density at radius 2 is 2.05 bits per heavy atom. The van der Waals surface area contributed by atoms with Crippen LogP contribution in [0.3, 0.4) is 0 Å². The lowest BCUT2D eigenvalue weighted by atomic mass is 10.1. The second-order valence-electron chi connectivity index (χ2n) is 6.15. The summed E-state index contributed by atoms with van der Waals surface area (Å²) in [5.74, 6) is 0. The number of ether oxygens (including phenoxy) is 1. The Hall–Kier alpha value is -1.97. The number of rotatable bonds is 3. The van der Waals surface area contributed by atoms with E-state index in [2.05, 4.69) is 16.4 Å². The molecule has 0 radical (unpaired) electrons. The smallest absolute Gasteiger partial charge is 0.407 e. The number of benzene rings is 1. The molecule has 0 saturated heterocycles. The topological polar surface area (TPSA) is 54.1 Å². The molecule has 108 valence electrons. The number of hydrogen-bond acceptors (Lipinski definition) is 2. The average molecular weight is 274 g/mol. The summed E-state index contributed by atoms with van der Waals surface area (Å²) in [5.41, 5.74) is 1.99. The molecule has 2 rings (SSSR count). The Labute approximate surface area is 119 Å². The number of aromatic amines is 1. The molecule has 1 amide bonds. The van der Waals surface area contributed by atoms with Gasteiger partial charge in [-0.05, 0) is 39.3 Å². The molecule has 1 aromatic carbocycles. The van der Waals surface area contributed by atoms with E-state index in [9.17, 15) is 4.79 Å². The minimum absolute atomic E-state index is 0.170. The third-order valence-corrected chi connectivity index (χ3v) is 2.97. The number of H-pyrrole nitrogens is 1. The first-order chi connectivity index (χ1) is 9.35. The molecular formula is C16H22N2O2. The highest BCUT2D eigenvalue weighted by atomic mass is 16.6. The van der Waals surface area contributed by atoms with Crippen molar-refractivity contribution < 1.29 is 9.53 Å². The van der Waals surface area contributed by atoms with Gasteiger partial charge >= 0.3 is 6.09 Å². The Morgan fingerprint density at radius 3 is 2.75 bits per heavy atom. The van der Waals surface area contributed by atoms with Crippen LogP contribution in [0, 0.1) is 0 Å². The van der Waals surface area contributed by atoms with Crippen LogP contribution in [0.25, 0.3) is 10.9 Å². The monoisotopic (exact) mass is 274 g/mol. The minimum Gasteiger partial charge on any atom is -0.446 e. The van der Waals surface area contributed by atoms with E-state index >= 15 is 0 Å². The van der Waals surface area contributed by atoms with E-state index in [0.29, 0.717) is 6.42 Å². The molecule has 1 unspecified atom stereocenters. The number of amides is 1. The molecule has 0 aliphatic heterocycles. The fraction of sp³-hybridized carbons (Fsp3) is 0.438. The standard InChI is InChI=1S/C16H22N2O2/c1-11(20-15(19)18-16(2,3)4)9-12-10-17-14-8-6-5-7-13(12)14/h5-8,10-11,17H,9H2,1-4H3,(H,18,19). The van der Waals surface area contributed by atoms with Gasteiger partial charge in [0.2, 0.25) is 0 Å². The fourth-order valence-corrected chi connectivity index (χ4v) is 2.17. The van der Waals surface area contributed by atoms with Crippen LogP contribution in [0.4, 0.5) is 4.79 Å². The van der Waals surface area contributed by atoms with Gasteiger partial charge in [-0.15, -0.1) is 0 Å². The zero-order chi connectivity index (χ0) is 14.8. The SMILES string of the molecule is CC(Cc1c[nH]c2ccccc12)OC(=O)NC(C)(C)C. The second kappa shape index (κ2) is 5.57. The lowest BCUT2D eigenvalue weighted by molar-refractivity contribution is 0.100. The summed E-state index contributed by atoms with van der Waals surface area (Å²) >= 11 is 0. The van der Waals surface area contributed by atoms with Crippen LogP contribution in [0.5, 0.6) is 0 Å². The Bertz CT molecular complexity index is 596. The van der Waals surface area contributed by atoms with Crippen molar-refractivity contribution in [2.24, 2.45) is 0 Å². The quantitative estimate of drug-likeness (QED) is 0.898. The van der Waals surface area contributed by atoms with Gasteiger partial charge in [-0.1, -0.05) is 18.2 Å². The molecule has 1 heterocycles. The Kier molecular flexibility index (Phi) is 4.02. The number of fused-ring (bicyclic) bond motifs is 1.